The Morgan fingerprint density at radius 2 is 1.80 bits per heavy atom. The molecule has 1 atom stereocenters. The van der Waals surface area contributed by atoms with Crippen LogP contribution in [0.3, 0.4) is 0 Å². The summed E-state index contributed by atoms with van der Waals surface area (Å²) in [5.41, 5.74) is 3.36. The first-order valence-corrected chi connectivity index (χ1v) is 11.4. The van der Waals surface area contributed by atoms with Gasteiger partial charge in [-0.25, -0.2) is 8.42 Å². The standard InChI is InChI=1S/C23H21ClN2O3S/c1-15-13-18-14-17(23(27)25-21-10-6-9-20(24)16(21)2)11-12-22(18)26(15)30(28,29)19-7-4-3-5-8-19/h3-12,14-15H,13H2,1-2H3,(H,25,27)/t15-/m1/s1. The molecule has 1 amide bonds. The van der Waals surface area contributed by atoms with Crippen molar-refractivity contribution in [2.45, 2.75) is 31.2 Å². The highest BCUT2D eigenvalue weighted by Crippen LogP contribution is 2.37. The molecule has 0 saturated heterocycles. The number of carbonyl (C=O) groups is 1. The second kappa shape index (κ2) is 7.78. The first-order valence-electron chi connectivity index (χ1n) is 9.58. The van der Waals surface area contributed by atoms with E-state index in [2.05, 4.69) is 5.32 Å². The highest BCUT2D eigenvalue weighted by Gasteiger charge is 2.36. The molecule has 0 fully saturated rings. The molecule has 30 heavy (non-hydrogen) atoms. The molecular formula is C23H21ClN2O3S. The van der Waals surface area contributed by atoms with Crippen LogP contribution in [-0.4, -0.2) is 20.4 Å². The van der Waals surface area contributed by atoms with Gasteiger partial charge < -0.3 is 5.32 Å². The van der Waals surface area contributed by atoms with Crippen LogP contribution >= 0.6 is 11.6 Å². The van der Waals surface area contributed by atoms with E-state index in [1.165, 1.54) is 4.31 Å². The van der Waals surface area contributed by atoms with Gasteiger partial charge in [-0.05, 0) is 73.9 Å². The quantitative estimate of drug-likeness (QED) is 0.618. The lowest BCUT2D eigenvalue weighted by Gasteiger charge is -2.24. The summed E-state index contributed by atoms with van der Waals surface area (Å²) in [6, 6.07) is 18.6. The van der Waals surface area contributed by atoms with Crippen LogP contribution in [0.5, 0.6) is 0 Å². The lowest BCUT2D eigenvalue weighted by atomic mass is 10.1. The smallest absolute Gasteiger partial charge is 0.264 e. The second-order valence-corrected chi connectivity index (χ2v) is 9.60. The summed E-state index contributed by atoms with van der Waals surface area (Å²) >= 11 is 6.13. The molecule has 0 unspecified atom stereocenters. The van der Waals surface area contributed by atoms with Gasteiger partial charge in [0.1, 0.15) is 0 Å². The van der Waals surface area contributed by atoms with E-state index in [9.17, 15) is 13.2 Å². The fourth-order valence-corrected chi connectivity index (χ4v) is 5.64. The molecule has 1 aliphatic rings. The molecule has 5 nitrogen and oxygen atoms in total. The third-order valence-electron chi connectivity index (χ3n) is 5.31. The summed E-state index contributed by atoms with van der Waals surface area (Å²) in [5.74, 6) is -0.264. The third-order valence-corrected chi connectivity index (χ3v) is 7.66. The van der Waals surface area contributed by atoms with E-state index in [1.54, 1.807) is 66.7 Å². The van der Waals surface area contributed by atoms with Crippen molar-refractivity contribution in [2.24, 2.45) is 0 Å². The van der Waals surface area contributed by atoms with Crippen LogP contribution in [-0.2, 0) is 16.4 Å². The topological polar surface area (TPSA) is 66.5 Å². The van der Waals surface area contributed by atoms with Crippen LogP contribution in [0.25, 0.3) is 0 Å². The number of hydrogen-bond donors (Lipinski definition) is 1. The minimum Gasteiger partial charge on any atom is -0.322 e. The van der Waals surface area contributed by atoms with Gasteiger partial charge in [0.25, 0.3) is 15.9 Å². The number of amides is 1. The Morgan fingerprint density at radius 3 is 2.53 bits per heavy atom. The van der Waals surface area contributed by atoms with Gasteiger partial charge >= 0.3 is 0 Å². The number of rotatable bonds is 4. The third kappa shape index (κ3) is 3.57. The number of sulfonamides is 1. The van der Waals surface area contributed by atoms with Gasteiger partial charge in [0, 0.05) is 22.3 Å². The molecule has 3 aromatic rings. The maximum atomic E-state index is 13.2. The van der Waals surface area contributed by atoms with E-state index in [0.717, 1.165) is 11.1 Å². The molecule has 0 spiro atoms. The van der Waals surface area contributed by atoms with Crippen molar-refractivity contribution in [1.29, 1.82) is 0 Å². The van der Waals surface area contributed by atoms with Gasteiger partial charge in [0.05, 0.1) is 10.6 Å². The number of benzene rings is 3. The normalized spacial score (nSPS) is 15.7. The molecule has 1 N–H and O–H groups in total. The molecule has 0 aromatic heterocycles. The summed E-state index contributed by atoms with van der Waals surface area (Å²) in [6.45, 7) is 3.71. The minimum absolute atomic E-state index is 0.237. The monoisotopic (exact) mass is 440 g/mol. The minimum atomic E-state index is -3.68. The van der Waals surface area contributed by atoms with Gasteiger partial charge in [0.2, 0.25) is 0 Å². The lowest BCUT2D eigenvalue weighted by Crippen LogP contribution is -2.35. The Hall–Kier alpha value is -2.83. The van der Waals surface area contributed by atoms with Crippen LogP contribution < -0.4 is 9.62 Å². The van der Waals surface area contributed by atoms with Crippen LogP contribution in [0.15, 0.2) is 71.6 Å². The van der Waals surface area contributed by atoms with Crippen molar-refractivity contribution in [3.05, 3.63) is 88.4 Å². The van der Waals surface area contributed by atoms with E-state index in [-0.39, 0.29) is 16.8 Å². The van der Waals surface area contributed by atoms with Crippen molar-refractivity contribution in [1.82, 2.24) is 0 Å². The zero-order valence-electron chi connectivity index (χ0n) is 16.6. The van der Waals surface area contributed by atoms with Crippen LogP contribution in [0, 0.1) is 6.92 Å². The van der Waals surface area contributed by atoms with Crippen molar-refractivity contribution >= 4 is 38.9 Å². The predicted octanol–water partition coefficient (Wildman–Crippen LogP) is 5.04. The molecular weight excluding hydrogens is 420 g/mol. The number of fused-ring (bicyclic) bond motifs is 1. The van der Waals surface area contributed by atoms with Crippen molar-refractivity contribution < 1.29 is 13.2 Å². The highest BCUT2D eigenvalue weighted by atomic mass is 35.5. The number of halogens is 1. The maximum Gasteiger partial charge on any atom is 0.264 e. The van der Waals surface area contributed by atoms with E-state index in [1.807, 2.05) is 13.8 Å². The molecule has 7 heteroatoms. The second-order valence-electron chi connectivity index (χ2n) is 7.38. The van der Waals surface area contributed by atoms with Crippen LogP contribution in [0.1, 0.15) is 28.4 Å². The first-order chi connectivity index (χ1) is 14.3. The fraction of sp³-hybridized carbons (Fsp3) is 0.174. The lowest BCUT2D eigenvalue weighted by molar-refractivity contribution is 0.102. The van der Waals surface area contributed by atoms with Gasteiger partial charge in [-0.1, -0.05) is 35.9 Å². The zero-order chi connectivity index (χ0) is 21.5. The molecule has 3 aromatic carbocycles. The summed E-state index contributed by atoms with van der Waals surface area (Å²) in [7, 11) is -3.68. The Labute approximate surface area is 181 Å². The molecule has 1 aliphatic heterocycles. The molecule has 0 aliphatic carbocycles. The summed E-state index contributed by atoms with van der Waals surface area (Å²) < 4.78 is 27.8. The van der Waals surface area contributed by atoms with Gasteiger partial charge in [0.15, 0.2) is 0 Å². The summed E-state index contributed by atoms with van der Waals surface area (Å²) in [4.78, 5) is 13.0. The number of nitrogens with zero attached hydrogens (tertiary/aromatic N) is 1. The van der Waals surface area contributed by atoms with Gasteiger partial charge in [-0.15, -0.1) is 0 Å². The van der Waals surface area contributed by atoms with E-state index in [4.69, 9.17) is 11.6 Å². The van der Waals surface area contributed by atoms with E-state index < -0.39 is 10.0 Å². The largest absolute Gasteiger partial charge is 0.322 e. The molecule has 0 saturated carbocycles. The number of nitrogens with one attached hydrogen (secondary N) is 1. The molecule has 1 heterocycles. The first kappa shape index (κ1) is 20.4. The summed E-state index contributed by atoms with van der Waals surface area (Å²) in [5, 5.41) is 3.46. The Morgan fingerprint density at radius 1 is 1.07 bits per heavy atom. The average molecular weight is 441 g/mol. The fourth-order valence-electron chi connectivity index (χ4n) is 3.75. The molecule has 0 radical (unpaired) electrons. The van der Waals surface area contributed by atoms with Crippen molar-refractivity contribution in [2.75, 3.05) is 9.62 Å². The number of anilines is 2. The summed E-state index contributed by atoms with van der Waals surface area (Å²) in [6.07, 6.45) is 0.540. The zero-order valence-corrected chi connectivity index (χ0v) is 18.2. The van der Waals surface area contributed by atoms with Crippen molar-refractivity contribution in [3.63, 3.8) is 0 Å². The van der Waals surface area contributed by atoms with Gasteiger partial charge in [-0.2, -0.15) is 0 Å². The predicted molar refractivity (Wildman–Crippen MR) is 120 cm³/mol. The van der Waals surface area contributed by atoms with Crippen LogP contribution in [0.4, 0.5) is 11.4 Å². The maximum absolute atomic E-state index is 13.2. The van der Waals surface area contributed by atoms with Crippen molar-refractivity contribution in [3.8, 4) is 0 Å². The van der Waals surface area contributed by atoms with Crippen LogP contribution in [0.2, 0.25) is 5.02 Å². The Kier molecular flexibility index (Phi) is 5.30. The average Bonchev–Trinajstić information content (AvgIpc) is 3.07. The van der Waals surface area contributed by atoms with E-state index >= 15 is 0 Å². The Balaban J connectivity index is 1.64. The number of hydrogen-bond acceptors (Lipinski definition) is 3. The highest BCUT2D eigenvalue weighted by molar-refractivity contribution is 7.92. The Bertz CT molecular complexity index is 1230. The number of carbonyl (C=O) groups excluding carboxylic acids is 1. The molecule has 0 bridgehead atoms. The van der Waals surface area contributed by atoms with E-state index in [0.29, 0.717) is 28.4 Å². The SMILES string of the molecule is Cc1c(Cl)cccc1NC(=O)c1ccc2c(c1)C[C@@H](C)N2S(=O)(=O)c1ccccc1. The molecule has 4 rings (SSSR count). The van der Waals surface area contributed by atoms with Gasteiger partial charge in [-0.3, -0.25) is 9.10 Å². The molecule has 154 valence electrons.